The second-order valence-corrected chi connectivity index (χ2v) is 5.28. The zero-order chi connectivity index (χ0) is 13.7. The van der Waals surface area contributed by atoms with E-state index in [2.05, 4.69) is 10.3 Å². The van der Waals surface area contributed by atoms with Crippen LogP contribution in [0, 0.1) is 0 Å². The van der Waals surface area contributed by atoms with E-state index in [1.807, 2.05) is 0 Å². The van der Waals surface area contributed by atoms with Crippen molar-refractivity contribution in [2.75, 3.05) is 7.11 Å². The Hall–Kier alpha value is -1.29. The van der Waals surface area contributed by atoms with Gasteiger partial charge in [0.15, 0.2) is 0 Å². The lowest BCUT2D eigenvalue weighted by atomic mass is 9.95. The first-order chi connectivity index (χ1) is 9.20. The molecule has 0 aliphatic heterocycles. The number of halogens is 1. The molecule has 1 heterocycles. The molecule has 0 radical (unpaired) electrons. The Labute approximate surface area is 118 Å². The number of aromatic nitrogens is 1. The molecule has 1 N–H and O–H groups in total. The van der Waals surface area contributed by atoms with E-state index in [1.54, 1.807) is 25.4 Å². The molecule has 1 aliphatic rings. The average Bonchev–Trinajstić information content (AvgIpc) is 2.47. The zero-order valence-electron chi connectivity index (χ0n) is 11.1. The molecule has 0 spiro atoms. The van der Waals surface area contributed by atoms with Gasteiger partial charge in [-0.3, -0.25) is 4.79 Å². The predicted molar refractivity (Wildman–Crippen MR) is 74.4 cm³/mol. The van der Waals surface area contributed by atoms with Crippen LogP contribution >= 0.6 is 11.6 Å². The highest BCUT2D eigenvalue weighted by Crippen LogP contribution is 2.23. The van der Waals surface area contributed by atoms with E-state index in [0.717, 1.165) is 12.8 Å². The van der Waals surface area contributed by atoms with Gasteiger partial charge in [0.2, 0.25) is 11.8 Å². The molecule has 1 aromatic heterocycles. The Morgan fingerprint density at radius 2 is 2.16 bits per heavy atom. The van der Waals surface area contributed by atoms with E-state index >= 15 is 0 Å². The van der Waals surface area contributed by atoms with Crippen molar-refractivity contribution < 1.29 is 9.53 Å². The smallest absolute Gasteiger partial charge is 0.242 e. The fraction of sp³-hybridized carbons (Fsp3) is 0.571. The minimum Gasteiger partial charge on any atom is -0.481 e. The summed E-state index contributed by atoms with van der Waals surface area (Å²) >= 11 is 6.18. The van der Waals surface area contributed by atoms with Gasteiger partial charge < -0.3 is 10.1 Å². The first kappa shape index (κ1) is 14.1. The number of carbonyl (C=O) groups is 1. The largest absolute Gasteiger partial charge is 0.481 e. The number of hydrogen-bond donors (Lipinski definition) is 1. The maximum absolute atomic E-state index is 12.1. The van der Waals surface area contributed by atoms with E-state index in [9.17, 15) is 4.79 Å². The van der Waals surface area contributed by atoms with Crippen LogP contribution in [0.3, 0.4) is 0 Å². The van der Waals surface area contributed by atoms with Gasteiger partial charge in [-0.15, -0.1) is 11.6 Å². The Bertz CT molecular complexity index is 416. The molecule has 0 bridgehead atoms. The Kier molecular flexibility index (Phi) is 5.02. The van der Waals surface area contributed by atoms with Crippen LogP contribution in [0.1, 0.15) is 43.0 Å². The van der Waals surface area contributed by atoms with Crippen molar-refractivity contribution in [1.29, 1.82) is 0 Å². The van der Waals surface area contributed by atoms with Crippen LogP contribution in [0.4, 0.5) is 0 Å². The van der Waals surface area contributed by atoms with Crippen molar-refractivity contribution >= 4 is 17.5 Å². The van der Waals surface area contributed by atoms with Gasteiger partial charge in [-0.1, -0.05) is 25.3 Å². The second-order valence-electron chi connectivity index (χ2n) is 4.84. The van der Waals surface area contributed by atoms with Crippen LogP contribution in [-0.4, -0.2) is 24.0 Å². The number of carbonyl (C=O) groups excluding carboxylic acids is 1. The minimum atomic E-state index is -0.694. The van der Waals surface area contributed by atoms with Crippen molar-refractivity contribution in [3.8, 4) is 5.88 Å². The highest BCUT2D eigenvalue weighted by Gasteiger charge is 2.22. The molecular formula is C14H19ClN2O2. The summed E-state index contributed by atoms with van der Waals surface area (Å²) in [6.07, 6.45) is 7.31. The molecular weight excluding hydrogens is 264 g/mol. The number of amides is 1. The van der Waals surface area contributed by atoms with Crippen molar-refractivity contribution in [3.63, 3.8) is 0 Å². The molecule has 4 nitrogen and oxygen atoms in total. The zero-order valence-corrected chi connectivity index (χ0v) is 11.8. The molecule has 1 saturated carbocycles. The summed E-state index contributed by atoms with van der Waals surface area (Å²) in [5.41, 5.74) is 0.691. The van der Waals surface area contributed by atoms with Crippen LogP contribution in [-0.2, 0) is 4.79 Å². The summed E-state index contributed by atoms with van der Waals surface area (Å²) < 4.78 is 4.98. The van der Waals surface area contributed by atoms with Crippen LogP contribution in [0.5, 0.6) is 5.88 Å². The third kappa shape index (κ3) is 3.83. The lowest BCUT2D eigenvalue weighted by Gasteiger charge is -2.24. The summed E-state index contributed by atoms with van der Waals surface area (Å²) in [5, 5.41) is 2.32. The third-order valence-corrected chi connectivity index (χ3v) is 3.89. The van der Waals surface area contributed by atoms with Crippen molar-refractivity contribution in [2.24, 2.45) is 0 Å². The maximum atomic E-state index is 12.1. The lowest BCUT2D eigenvalue weighted by Crippen LogP contribution is -2.38. The van der Waals surface area contributed by atoms with E-state index in [-0.39, 0.29) is 11.9 Å². The number of alkyl halides is 1. The topological polar surface area (TPSA) is 51.2 Å². The first-order valence-electron chi connectivity index (χ1n) is 6.65. The molecule has 104 valence electrons. The van der Waals surface area contributed by atoms with E-state index in [0.29, 0.717) is 11.4 Å². The quantitative estimate of drug-likeness (QED) is 0.864. The number of pyridine rings is 1. The standard InChI is InChI=1S/C14H19ClN2O2/c1-19-12-8-7-10(9-16-12)13(15)14(18)17-11-5-3-2-4-6-11/h7-9,11,13H,2-6H2,1H3,(H,17,18). The van der Waals surface area contributed by atoms with Gasteiger partial charge in [0.25, 0.3) is 0 Å². The van der Waals surface area contributed by atoms with Crippen LogP contribution in [0.25, 0.3) is 0 Å². The van der Waals surface area contributed by atoms with Crippen LogP contribution in [0.15, 0.2) is 18.3 Å². The molecule has 2 rings (SSSR count). The number of hydrogen-bond acceptors (Lipinski definition) is 3. The van der Waals surface area contributed by atoms with Gasteiger partial charge in [-0.2, -0.15) is 0 Å². The fourth-order valence-electron chi connectivity index (χ4n) is 2.34. The Balaban J connectivity index is 1.93. The fourth-order valence-corrected chi connectivity index (χ4v) is 2.53. The average molecular weight is 283 g/mol. The molecule has 5 heteroatoms. The third-order valence-electron chi connectivity index (χ3n) is 3.44. The van der Waals surface area contributed by atoms with Gasteiger partial charge in [-0.05, 0) is 18.4 Å². The first-order valence-corrected chi connectivity index (χ1v) is 7.08. The highest BCUT2D eigenvalue weighted by atomic mass is 35.5. The molecule has 19 heavy (non-hydrogen) atoms. The number of nitrogens with zero attached hydrogens (tertiary/aromatic N) is 1. The normalized spacial score (nSPS) is 17.8. The monoisotopic (exact) mass is 282 g/mol. The highest BCUT2D eigenvalue weighted by molar-refractivity contribution is 6.30. The molecule has 0 saturated heterocycles. The Morgan fingerprint density at radius 3 is 2.74 bits per heavy atom. The summed E-state index contributed by atoms with van der Waals surface area (Å²) in [4.78, 5) is 16.1. The maximum Gasteiger partial charge on any atom is 0.242 e. The molecule has 0 aromatic carbocycles. The Morgan fingerprint density at radius 1 is 1.42 bits per heavy atom. The molecule has 1 aliphatic carbocycles. The van der Waals surface area contributed by atoms with Crippen molar-refractivity contribution in [3.05, 3.63) is 23.9 Å². The molecule has 1 fully saturated rings. The van der Waals surface area contributed by atoms with E-state index in [1.165, 1.54) is 19.3 Å². The number of methoxy groups -OCH3 is 1. The van der Waals surface area contributed by atoms with E-state index < -0.39 is 5.38 Å². The molecule has 1 amide bonds. The number of rotatable bonds is 4. The van der Waals surface area contributed by atoms with Gasteiger partial charge in [0.1, 0.15) is 5.38 Å². The van der Waals surface area contributed by atoms with Crippen LogP contribution < -0.4 is 10.1 Å². The summed E-state index contributed by atoms with van der Waals surface area (Å²) in [6, 6.07) is 3.75. The summed E-state index contributed by atoms with van der Waals surface area (Å²) in [7, 11) is 1.55. The predicted octanol–water partition coefficient (Wildman–Crippen LogP) is 2.82. The molecule has 1 atom stereocenters. The van der Waals surface area contributed by atoms with E-state index in [4.69, 9.17) is 16.3 Å². The SMILES string of the molecule is COc1ccc(C(Cl)C(=O)NC2CCCCC2)cn1. The van der Waals surface area contributed by atoms with Gasteiger partial charge >= 0.3 is 0 Å². The van der Waals surface area contributed by atoms with Crippen LogP contribution in [0.2, 0.25) is 0 Å². The second kappa shape index (κ2) is 6.75. The summed E-state index contributed by atoms with van der Waals surface area (Å²) in [6.45, 7) is 0. The minimum absolute atomic E-state index is 0.138. The number of nitrogens with one attached hydrogen (secondary N) is 1. The number of ether oxygens (including phenoxy) is 1. The molecule has 1 aromatic rings. The van der Waals surface area contributed by atoms with Gasteiger partial charge in [0.05, 0.1) is 7.11 Å². The molecule has 1 unspecified atom stereocenters. The van der Waals surface area contributed by atoms with Gasteiger partial charge in [-0.25, -0.2) is 4.98 Å². The summed E-state index contributed by atoms with van der Waals surface area (Å²) in [5.74, 6) is 0.376. The van der Waals surface area contributed by atoms with Gasteiger partial charge in [0, 0.05) is 18.3 Å². The van der Waals surface area contributed by atoms with Crippen molar-refractivity contribution in [1.82, 2.24) is 10.3 Å². The lowest BCUT2D eigenvalue weighted by molar-refractivity contribution is -0.121. The van der Waals surface area contributed by atoms with Crippen molar-refractivity contribution in [2.45, 2.75) is 43.5 Å².